The molecule has 10 nitrogen and oxygen atoms in total. The molecule has 0 bridgehead atoms. The van der Waals surface area contributed by atoms with E-state index in [1.165, 1.54) is 30.5 Å². The van der Waals surface area contributed by atoms with Gasteiger partial charge in [0.2, 0.25) is 5.91 Å². The molecule has 0 saturated carbocycles. The summed E-state index contributed by atoms with van der Waals surface area (Å²) in [5.41, 5.74) is 5.39. The molecule has 3 amide bonds. The van der Waals surface area contributed by atoms with Gasteiger partial charge in [-0.2, -0.15) is 5.12 Å². The number of piperidine rings is 1. The maximum atomic E-state index is 13.5. The normalized spacial score (nSPS) is 18.6. The largest absolute Gasteiger partial charge is 0.384 e. The van der Waals surface area contributed by atoms with Crippen LogP contribution in [0.1, 0.15) is 33.6 Å². The third-order valence-corrected chi connectivity index (χ3v) is 5.85. The Labute approximate surface area is 225 Å². The van der Waals surface area contributed by atoms with Crippen LogP contribution < -0.4 is 21.7 Å². The van der Waals surface area contributed by atoms with E-state index in [0.717, 1.165) is 38.3 Å². The van der Waals surface area contributed by atoms with Crippen molar-refractivity contribution in [3.05, 3.63) is 72.3 Å². The van der Waals surface area contributed by atoms with Crippen LogP contribution >= 0.6 is 0 Å². The fraction of sp³-hybridized carbons (Fsp3) is 0.385. The summed E-state index contributed by atoms with van der Waals surface area (Å²) in [5.74, 6) is -0.215. The predicted octanol–water partition coefficient (Wildman–Crippen LogP) is 3.70. The first-order valence-electron chi connectivity index (χ1n) is 12.4. The summed E-state index contributed by atoms with van der Waals surface area (Å²) >= 11 is 0. The molecule has 3 aliphatic heterocycles. The van der Waals surface area contributed by atoms with Crippen LogP contribution in [-0.4, -0.2) is 57.2 Å². The highest BCUT2D eigenvalue weighted by Gasteiger charge is 2.42. The number of allylic oxidation sites excluding steroid dienone is 2. The Kier molecular flexibility index (Phi) is 9.88. The Balaban J connectivity index is 0.000000172. The molecule has 3 aliphatic rings. The topological polar surface area (TPSA) is 129 Å². The van der Waals surface area contributed by atoms with Crippen molar-refractivity contribution in [3.63, 3.8) is 0 Å². The van der Waals surface area contributed by atoms with Crippen molar-refractivity contribution in [2.24, 2.45) is 5.41 Å². The third kappa shape index (κ3) is 8.43. The number of rotatable bonds is 2. The van der Waals surface area contributed by atoms with Crippen molar-refractivity contribution in [2.75, 3.05) is 24.1 Å². The summed E-state index contributed by atoms with van der Waals surface area (Å²) in [6.07, 6.45) is 8.07. The number of urea groups is 1. The molecule has 0 radical (unpaired) electrons. The number of hydrogen-bond acceptors (Lipinski definition) is 7. The average molecular weight is 547 g/mol. The predicted molar refractivity (Wildman–Crippen MR) is 141 cm³/mol. The summed E-state index contributed by atoms with van der Waals surface area (Å²) in [7, 11) is 0. The van der Waals surface area contributed by atoms with E-state index in [-0.39, 0.29) is 23.8 Å². The zero-order valence-electron chi connectivity index (χ0n) is 22.0. The summed E-state index contributed by atoms with van der Waals surface area (Å²) in [6, 6.07) is 5.34. The minimum atomic E-state index is -0.651. The molecule has 39 heavy (non-hydrogen) atoms. The Hall–Kier alpha value is -4.13. The zero-order valence-corrected chi connectivity index (χ0v) is 22.0. The van der Waals surface area contributed by atoms with Gasteiger partial charge >= 0.3 is 6.03 Å². The van der Waals surface area contributed by atoms with Crippen LogP contribution in [0.5, 0.6) is 0 Å². The Morgan fingerprint density at radius 2 is 1.72 bits per heavy atom. The lowest BCUT2D eigenvalue weighted by molar-refractivity contribution is -0.123. The highest BCUT2D eigenvalue weighted by molar-refractivity contribution is 5.93. The van der Waals surface area contributed by atoms with Gasteiger partial charge in [-0.3, -0.25) is 9.69 Å². The number of carbonyl (C=O) groups is 2. The molecule has 2 aromatic heterocycles. The van der Waals surface area contributed by atoms with Gasteiger partial charge in [0.05, 0.1) is 18.1 Å². The number of nitrogens with two attached hydrogens (primary N) is 1. The SMILES string of the molecule is CC(C)(C)C(=O)Nc1ccc(F)cn1.Nc1ccc(F)cn1.O=C1NC2C(=CC=CN2F)N1C1CCNCC1. The third-order valence-electron chi connectivity index (χ3n) is 5.85. The van der Waals surface area contributed by atoms with Crippen molar-refractivity contribution in [1.82, 2.24) is 30.6 Å². The molecule has 5 N–H and O–H groups in total. The highest BCUT2D eigenvalue weighted by atomic mass is 19.2. The zero-order chi connectivity index (χ0) is 28.6. The molecular weight excluding hydrogens is 513 g/mol. The number of pyridine rings is 2. The lowest BCUT2D eigenvalue weighted by Crippen LogP contribution is -2.44. The van der Waals surface area contributed by atoms with Crippen LogP contribution in [0.4, 0.5) is 29.7 Å². The number of hydrogen-bond donors (Lipinski definition) is 4. The average Bonchev–Trinajstić information content (AvgIpc) is 3.25. The van der Waals surface area contributed by atoms with E-state index in [9.17, 15) is 22.9 Å². The number of aromatic nitrogens is 2. The lowest BCUT2D eigenvalue weighted by Gasteiger charge is -2.32. The summed E-state index contributed by atoms with van der Waals surface area (Å²) in [6.45, 7) is 7.20. The van der Waals surface area contributed by atoms with E-state index in [4.69, 9.17) is 5.73 Å². The number of fused-ring (bicyclic) bond motifs is 1. The fourth-order valence-electron chi connectivity index (χ4n) is 3.76. The van der Waals surface area contributed by atoms with E-state index in [1.54, 1.807) is 37.8 Å². The first kappa shape index (κ1) is 29.4. The first-order chi connectivity index (χ1) is 18.5. The molecule has 2 fully saturated rings. The highest BCUT2D eigenvalue weighted by Crippen LogP contribution is 2.29. The van der Waals surface area contributed by atoms with Gasteiger partial charge in [-0.05, 0) is 62.3 Å². The first-order valence-corrected chi connectivity index (χ1v) is 12.4. The van der Waals surface area contributed by atoms with E-state index in [0.29, 0.717) is 22.5 Å². The van der Waals surface area contributed by atoms with Gasteiger partial charge in [-0.25, -0.2) is 23.5 Å². The monoisotopic (exact) mass is 546 g/mol. The Morgan fingerprint density at radius 1 is 1.08 bits per heavy atom. The molecule has 5 heterocycles. The van der Waals surface area contributed by atoms with Crippen molar-refractivity contribution in [2.45, 2.75) is 45.8 Å². The second-order valence-electron chi connectivity index (χ2n) is 9.95. The number of nitrogen functional groups attached to an aromatic ring is 1. The van der Waals surface area contributed by atoms with Crippen LogP contribution in [0.25, 0.3) is 0 Å². The number of amides is 3. The van der Waals surface area contributed by atoms with Gasteiger partial charge in [-0.15, -0.1) is 0 Å². The molecule has 0 aromatic carbocycles. The van der Waals surface area contributed by atoms with E-state index < -0.39 is 17.4 Å². The molecule has 0 aliphatic carbocycles. The minimum absolute atomic E-state index is 0.142. The summed E-state index contributed by atoms with van der Waals surface area (Å²) in [5, 5.41) is 9.04. The van der Waals surface area contributed by atoms with Crippen LogP contribution in [0, 0.1) is 17.0 Å². The van der Waals surface area contributed by atoms with Crippen LogP contribution in [0.15, 0.2) is 60.7 Å². The molecule has 13 heteroatoms. The molecule has 210 valence electrons. The molecule has 5 rings (SSSR count). The fourth-order valence-corrected chi connectivity index (χ4v) is 3.76. The summed E-state index contributed by atoms with van der Waals surface area (Å²) in [4.78, 5) is 32.3. The molecule has 2 aromatic rings. The molecule has 2 saturated heterocycles. The molecular formula is C26H33F3N8O2. The minimum Gasteiger partial charge on any atom is -0.384 e. The van der Waals surface area contributed by atoms with Gasteiger partial charge in [0.15, 0.2) is 6.17 Å². The van der Waals surface area contributed by atoms with Gasteiger partial charge < -0.3 is 21.7 Å². The van der Waals surface area contributed by atoms with E-state index in [2.05, 4.69) is 25.9 Å². The number of carbonyl (C=O) groups excluding carboxylic acids is 2. The van der Waals surface area contributed by atoms with Crippen LogP contribution in [-0.2, 0) is 4.79 Å². The Bertz CT molecular complexity index is 1160. The maximum absolute atomic E-state index is 13.5. The second kappa shape index (κ2) is 13.1. The number of nitrogens with zero attached hydrogens (tertiary/aromatic N) is 4. The molecule has 0 spiro atoms. The molecule has 1 atom stereocenters. The number of halogens is 3. The van der Waals surface area contributed by atoms with Crippen LogP contribution in [0.2, 0.25) is 0 Å². The number of nitrogens with one attached hydrogen (secondary N) is 3. The van der Waals surface area contributed by atoms with Gasteiger partial charge in [0, 0.05) is 17.7 Å². The molecule has 1 unspecified atom stereocenters. The van der Waals surface area contributed by atoms with Crippen LogP contribution in [0.3, 0.4) is 0 Å². The second-order valence-corrected chi connectivity index (χ2v) is 9.95. The standard InChI is InChI=1S/C11H15FN4O.C10H13FN2O.C5H5FN2/c12-15-7-1-2-9-10(15)14-11(17)16(9)8-3-5-13-6-4-8;1-10(2,3)9(14)13-8-5-4-7(11)6-12-8;6-4-1-2-5(7)8-3-4/h1-2,7-8,10,13H,3-6H2,(H,14,17);4-6H,1-3H3,(H,12,13,14);1-3H,(H2,7,8). The van der Waals surface area contributed by atoms with Crippen molar-refractivity contribution in [3.8, 4) is 0 Å². The Morgan fingerprint density at radius 3 is 2.26 bits per heavy atom. The summed E-state index contributed by atoms with van der Waals surface area (Å²) < 4.78 is 38.0. The van der Waals surface area contributed by atoms with E-state index in [1.807, 2.05) is 0 Å². The van der Waals surface area contributed by atoms with Crippen molar-refractivity contribution >= 4 is 23.6 Å². The van der Waals surface area contributed by atoms with Gasteiger partial charge in [0.25, 0.3) is 0 Å². The maximum Gasteiger partial charge on any atom is 0.324 e. The van der Waals surface area contributed by atoms with Crippen molar-refractivity contribution < 1.29 is 22.9 Å². The van der Waals surface area contributed by atoms with E-state index >= 15 is 0 Å². The van der Waals surface area contributed by atoms with Crippen molar-refractivity contribution in [1.29, 1.82) is 0 Å². The van der Waals surface area contributed by atoms with Gasteiger partial charge in [-0.1, -0.05) is 25.3 Å². The lowest BCUT2D eigenvalue weighted by atomic mass is 9.96. The van der Waals surface area contributed by atoms with Gasteiger partial charge in [0.1, 0.15) is 23.3 Å². The number of anilines is 2. The smallest absolute Gasteiger partial charge is 0.324 e. The quantitative estimate of drug-likeness (QED) is 0.423.